The third-order valence-electron chi connectivity index (χ3n) is 5.26. The highest BCUT2D eigenvalue weighted by molar-refractivity contribution is 6.46. The van der Waals surface area contributed by atoms with Crippen LogP contribution in [0.1, 0.15) is 34.3 Å². The van der Waals surface area contributed by atoms with Crippen LogP contribution in [0, 0.1) is 13.8 Å². The van der Waals surface area contributed by atoms with E-state index < -0.39 is 17.7 Å². The second-order valence-corrected chi connectivity index (χ2v) is 7.16. The van der Waals surface area contributed by atoms with Crippen LogP contribution in [0.4, 0.5) is 0 Å². The summed E-state index contributed by atoms with van der Waals surface area (Å²) in [6.07, 6.45) is 2.96. The first-order chi connectivity index (χ1) is 14.4. The van der Waals surface area contributed by atoms with Gasteiger partial charge in [0, 0.05) is 5.56 Å². The molecule has 1 atom stereocenters. The topological polar surface area (TPSA) is 93.1 Å². The number of aliphatic hydroxyl groups is 1. The molecular weight excluding hydrogens is 386 g/mol. The van der Waals surface area contributed by atoms with Gasteiger partial charge >= 0.3 is 0 Å². The molecule has 30 heavy (non-hydrogen) atoms. The van der Waals surface area contributed by atoms with Crippen molar-refractivity contribution in [2.75, 3.05) is 7.11 Å². The van der Waals surface area contributed by atoms with Crippen LogP contribution in [0.2, 0.25) is 0 Å². The highest BCUT2D eigenvalue weighted by atomic mass is 16.5. The van der Waals surface area contributed by atoms with Gasteiger partial charge in [0.05, 0.1) is 31.8 Å². The molecule has 3 aromatic rings. The van der Waals surface area contributed by atoms with Gasteiger partial charge in [0.2, 0.25) is 0 Å². The molecule has 0 saturated carbocycles. The van der Waals surface area contributed by atoms with Crippen LogP contribution in [0.25, 0.3) is 5.76 Å². The average Bonchev–Trinajstić information content (AvgIpc) is 3.48. The second-order valence-electron chi connectivity index (χ2n) is 7.16. The number of rotatable bonds is 5. The molecule has 0 aliphatic carbocycles. The monoisotopic (exact) mass is 407 g/mol. The highest BCUT2D eigenvalue weighted by Gasteiger charge is 2.47. The van der Waals surface area contributed by atoms with Gasteiger partial charge in [-0.3, -0.25) is 9.59 Å². The van der Waals surface area contributed by atoms with Crippen molar-refractivity contribution in [3.63, 3.8) is 0 Å². The minimum Gasteiger partial charge on any atom is -0.507 e. The summed E-state index contributed by atoms with van der Waals surface area (Å²) in [6.45, 7) is 3.72. The summed E-state index contributed by atoms with van der Waals surface area (Å²) >= 11 is 0. The Balaban J connectivity index is 1.87. The van der Waals surface area contributed by atoms with E-state index in [-0.39, 0.29) is 17.9 Å². The number of benzene rings is 1. The molecule has 1 fully saturated rings. The Labute approximate surface area is 173 Å². The Hall–Kier alpha value is -3.74. The number of nitrogens with zero attached hydrogens (tertiary/aromatic N) is 1. The summed E-state index contributed by atoms with van der Waals surface area (Å²) in [6, 6.07) is 9.42. The van der Waals surface area contributed by atoms with E-state index in [1.54, 1.807) is 50.4 Å². The van der Waals surface area contributed by atoms with Gasteiger partial charge < -0.3 is 23.6 Å². The summed E-state index contributed by atoms with van der Waals surface area (Å²) in [7, 11) is 1.57. The molecule has 2 aromatic heterocycles. The minimum atomic E-state index is -0.869. The molecule has 0 radical (unpaired) electrons. The molecule has 0 spiro atoms. The van der Waals surface area contributed by atoms with Crippen LogP contribution >= 0.6 is 0 Å². The maximum absolute atomic E-state index is 13.0. The molecule has 7 heteroatoms. The maximum atomic E-state index is 13.0. The highest BCUT2D eigenvalue weighted by Crippen LogP contribution is 2.41. The van der Waals surface area contributed by atoms with Crippen LogP contribution in [0.5, 0.6) is 5.75 Å². The number of hydrogen-bond acceptors (Lipinski definition) is 6. The minimum absolute atomic E-state index is 0.0193. The van der Waals surface area contributed by atoms with Gasteiger partial charge in [-0.2, -0.15) is 0 Å². The van der Waals surface area contributed by atoms with Crippen molar-refractivity contribution < 1.29 is 28.3 Å². The first-order valence-electron chi connectivity index (χ1n) is 9.42. The fourth-order valence-electron chi connectivity index (χ4n) is 3.77. The number of carbonyl (C=O) groups excluding carboxylic acids is 2. The molecule has 1 unspecified atom stereocenters. The summed E-state index contributed by atoms with van der Waals surface area (Å²) in [5, 5.41) is 11.2. The smallest absolute Gasteiger partial charge is 0.296 e. The molecule has 1 saturated heterocycles. The SMILES string of the molecule is COc1cc(C)c(/C(O)=C2/C(=O)C(=O)N(Cc3ccco3)C2c2ccco2)cc1C. The van der Waals surface area contributed by atoms with Crippen LogP contribution in [-0.2, 0) is 16.1 Å². The molecule has 0 bridgehead atoms. The number of furan rings is 2. The molecule has 1 N–H and O–H groups in total. The molecular formula is C23H21NO6. The van der Waals surface area contributed by atoms with Crippen molar-refractivity contribution in [3.05, 3.63) is 82.7 Å². The van der Waals surface area contributed by atoms with Crippen LogP contribution in [0.15, 0.2) is 63.3 Å². The largest absolute Gasteiger partial charge is 0.507 e. The number of aliphatic hydroxyl groups excluding tert-OH is 1. The molecule has 4 rings (SSSR count). The van der Waals surface area contributed by atoms with Gasteiger partial charge in [0.25, 0.3) is 11.7 Å². The lowest BCUT2D eigenvalue weighted by molar-refractivity contribution is -0.140. The van der Waals surface area contributed by atoms with Gasteiger partial charge in [0.1, 0.15) is 29.1 Å². The van der Waals surface area contributed by atoms with Crippen LogP contribution < -0.4 is 4.74 Å². The summed E-state index contributed by atoms with van der Waals surface area (Å²) in [4.78, 5) is 27.2. The average molecular weight is 407 g/mol. The molecule has 1 aliphatic rings. The van der Waals surface area contributed by atoms with E-state index in [1.807, 2.05) is 6.92 Å². The molecule has 7 nitrogen and oxygen atoms in total. The summed E-state index contributed by atoms with van der Waals surface area (Å²) in [5.74, 6) is -0.175. The quantitative estimate of drug-likeness (QED) is 0.389. The van der Waals surface area contributed by atoms with E-state index in [4.69, 9.17) is 13.6 Å². The van der Waals surface area contributed by atoms with Crippen molar-refractivity contribution in [1.29, 1.82) is 0 Å². The van der Waals surface area contributed by atoms with Gasteiger partial charge in [-0.15, -0.1) is 0 Å². The van der Waals surface area contributed by atoms with Crippen LogP contribution in [0.3, 0.4) is 0 Å². The Morgan fingerprint density at radius 2 is 1.83 bits per heavy atom. The molecule has 1 aromatic carbocycles. The number of methoxy groups -OCH3 is 1. The fraction of sp³-hybridized carbons (Fsp3) is 0.217. The number of ether oxygens (including phenoxy) is 1. The van der Waals surface area contributed by atoms with Gasteiger partial charge in [0.15, 0.2) is 0 Å². The van der Waals surface area contributed by atoms with Crippen molar-refractivity contribution in [1.82, 2.24) is 4.90 Å². The second kappa shape index (κ2) is 7.59. The number of carbonyl (C=O) groups is 2. The first kappa shape index (κ1) is 19.6. The van der Waals surface area contributed by atoms with E-state index >= 15 is 0 Å². The maximum Gasteiger partial charge on any atom is 0.296 e. The summed E-state index contributed by atoms with van der Waals surface area (Å²) < 4.78 is 16.2. The number of ketones is 1. The van der Waals surface area contributed by atoms with Crippen molar-refractivity contribution in [2.24, 2.45) is 0 Å². The van der Waals surface area contributed by atoms with E-state index in [0.29, 0.717) is 28.4 Å². The number of likely N-dealkylation sites (tertiary alicyclic amines) is 1. The number of amides is 1. The lowest BCUT2D eigenvalue weighted by Crippen LogP contribution is -2.28. The third-order valence-corrected chi connectivity index (χ3v) is 5.26. The van der Waals surface area contributed by atoms with Crippen molar-refractivity contribution >= 4 is 17.4 Å². The molecule has 3 heterocycles. The zero-order valence-corrected chi connectivity index (χ0v) is 16.8. The molecule has 154 valence electrons. The van der Waals surface area contributed by atoms with Gasteiger partial charge in [-0.1, -0.05) is 0 Å². The Morgan fingerprint density at radius 3 is 2.47 bits per heavy atom. The van der Waals surface area contributed by atoms with Gasteiger partial charge in [-0.05, 0) is 61.4 Å². The normalized spacial score (nSPS) is 18.2. The number of Topliss-reactive ketones (excluding diaryl/α,β-unsaturated/α-hetero) is 1. The Morgan fingerprint density at radius 1 is 1.10 bits per heavy atom. The standard InChI is InChI=1S/C23H21NO6/c1-13-11-18(28-3)14(2)10-16(13)21(25)19-20(17-7-5-9-30-17)24(23(27)22(19)26)12-15-6-4-8-29-15/h4-11,20,25H,12H2,1-3H3/b21-19-. The molecule has 1 aliphatic heterocycles. The van der Waals surface area contributed by atoms with E-state index in [9.17, 15) is 14.7 Å². The van der Waals surface area contributed by atoms with E-state index in [1.165, 1.54) is 17.4 Å². The lowest BCUT2D eigenvalue weighted by atomic mass is 9.95. The molecule has 1 amide bonds. The predicted octanol–water partition coefficient (Wildman–Crippen LogP) is 4.12. The fourth-order valence-corrected chi connectivity index (χ4v) is 3.77. The summed E-state index contributed by atoms with van der Waals surface area (Å²) in [5.41, 5.74) is 1.95. The Kier molecular flexibility index (Phi) is 4.95. The van der Waals surface area contributed by atoms with Crippen molar-refractivity contribution in [3.8, 4) is 5.75 Å². The Bertz CT molecular complexity index is 1120. The van der Waals surface area contributed by atoms with E-state index in [2.05, 4.69) is 0 Å². The lowest BCUT2D eigenvalue weighted by Gasteiger charge is -2.22. The van der Waals surface area contributed by atoms with Crippen LogP contribution in [-0.4, -0.2) is 28.8 Å². The number of aryl methyl sites for hydroxylation is 2. The predicted molar refractivity (Wildman–Crippen MR) is 108 cm³/mol. The zero-order valence-electron chi connectivity index (χ0n) is 16.8. The number of hydrogen-bond donors (Lipinski definition) is 1. The van der Waals surface area contributed by atoms with Gasteiger partial charge in [-0.25, -0.2) is 0 Å². The third kappa shape index (κ3) is 3.18. The van der Waals surface area contributed by atoms with E-state index in [0.717, 1.165) is 5.56 Å². The first-order valence-corrected chi connectivity index (χ1v) is 9.42. The zero-order chi connectivity index (χ0) is 21.4. The van der Waals surface area contributed by atoms with Crippen molar-refractivity contribution in [2.45, 2.75) is 26.4 Å².